The Morgan fingerprint density at radius 1 is 1.17 bits per heavy atom. The molecule has 2 aromatic carbocycles. The van der Waals surface area contributed by atoms with Crippen molar-refractivity contribution in [3.63, 3.8) is 0 Å². The largest absolute Gasteiger partial charge is 0.504 e. The Labute approximate surface area is 139 Å². The number of aromatic hydroxyl groups is 1. The van der Waals surface area contributed by atoms with Crippen molar-refractivity contribution < 1.29 is 14.6 Å². The number of aromatic amines is 1. The molecule has 120 valence electrons. The third-order valence-electron chi connectivity index (χ3n) is 3.54. The van der Waals surface area contributed by atoms with Crippen molar-refractivity contribution in [3.8, 4) is 22.8 Å². The minimum atomic E-state index is -0.219. The highest BCUT2D eigenvalue weighted by molar-refractivity contribution is 6.07. The fourth-order valence-corrected chi connectivity index (χ4v) is 2.28. The van der Waals surface area contributed by atoms with Crippen LogP contribution in [-0.2, 0) is 0 Å². The van der Waals surface area contributed by atoms with Crippen molar-refractivity contribution in [1.29, 1.82) is 0 Å². The zero-order valence-corrected chi connectivity index (χ0v) is 13.1. The van der Waals surface area contributed by atoms with Gasteiger partial charge in [0, 0.05) is 11.1 Å². The molecule has 5 nitrogen and oxygen atoms in total. The number of ketones is 1. The van der Waals surface area contributed by atoms with Gasteiger partial charge in [-0.05, 0) is 36.4 Å². The Hall–Kier alpha value is -3.34. The van der Waals surface area contributed by atoms with Crippen molar-refractivity contribution >= 4 is 11.9 Å². The van der Waals surface area contributed by atoms with Gasteiger partial charge in [-0.15, -0.1) is 0 Å². The van der Waals surface area contributed by atoms with Gasteiger partial charge in [0.25, 0.3) is 0 Å². The molecule has 2 N–H and O–H groups in total. The number of hydrogen-bond donors (Lipinski definition) is 2. The van der Waals surface area contributed by atoms with E-state index in [0.29, 0.717) is 11.3 Å². The Morgan fingerprint density at radius 2 is 1.96 bits per heavy atom. The van der Waals surface area contributed by atoms with Crippen molar-refractivity contribution in [2.24, 2.45) is 0 Å². The fourth-order valence-electron chi connectivity index (χ4n) is 2.28. The van der Waals surface area contributed by atoms with Crippen LogP contribution in [0.3, 0.4) is 0 Å². The van der Waals surface area contributed by atoms with Gasteiger partial charge in [-0.25, -0.2) is 0 Å². The summed E-state index contributed by atoms with van der Waals surface area (Å²) in [5.41, 5.74) is 2.91. The molecule has 1 aromatic heterocycles. The van der Waals surface area contributed by atoms with E-state index in [1.807, 2.05) is 36.4 Å². The maximum absolute atomic E-state index is 12.2. The van der Waals surface area contributed by atoms with Crippen molar-refractivity contribution in [2.75, 3.05) is 7.11 Å². The highest BCUT2D eigenvalue weighted by Crippen LogP contribution is 2.26. The van der Waals surface area contributed by atoms with Gasteiger partial charge >= 0.3 is 0 Å². The summed E-state index contributed by atoms with van der Waals surface area (Å²) >= 11 is 0. The number of phenols is 1. The molecule has 0 saturated carbocycles. The van der Waals surface area contributed by atoms with Crippen LogP contribution in [0.5, 0.6) is 11.5 Å². The topological polar surface area (TPSA) is 75.2 Å². The number of methoxy groups -OCH3 is 1. The van der Waals surface area contributed by atoms with E-state index in [-0.39, 0.29) is 11.5 Å². The molecular formula is C19H16N2O3. The first kappa shape index (κ1) is 15.6. The van der Waals surface area contributed by atoms with Crippen LogP contribution in [0, 0.1) is 0 Å². The molecule has 0 unspecified atom stereocenters. The predicted molar refractivity (Wildman–Crippen MR) is 92.0 cm³/mol. The molecule has 3 aromatic rings. The van der Waals surface area contributed by atoms with E-state index in [0.717, 1.165) is 17.0 Å². The lowest BCUT2D eigenvalue weighted by atomic mass is 10.1. The first-order valence-corrected chi connectivity index (χ1v) is 7.37. The molecule has 0 amide bonds. The molecule has 0 radical (unpaired) electrons. The Balaban J connectivity index is 1.75. The van der Waals surface area contributed by atoms with Gasteiger partial charge in [0.1, 0.15) is 0 Å². The zero-order chi connectivity index (χ0) is 16.9. The molecule has 3 rings (SSSR count). The van der Waals surface area contributed by atoms with Crippen LogP contribution in [0.15, 0.2) is 60.7 Å². The van der Waals surface area contributed by atoms with Crippen LogP contribution >= 0.6 is 0 Å². The van der Waals surface area contributed by atoms with Gasteiger partial charge < -0.3 is 9.84 Å². The number of rotatable bonds is 5. The van der Waals surface area contributed by atoms with Crippen LogP contribution in [0.4, 0.5) is 0 Å². The zero-order valence-electron chi connectivity index (χ0n) is 13.1. The van der Waals surface area contributed by atoms with E-state index in [1.165, 1.54) is 19.3 Å². The number of H-pyrrole nitrogens is 1. The second-order valence-electron chi connectivity index (χ2n) is 5.16. The van der Waals surface area contributed by atoms with E-state index in [1.54, 1.807) is 18.2 Å². The number of aromatic nitrogens is 2. The maximum Gasteiger partial charge on any atom is 0.186 e. The first-order valence-electron chi connectivity index (χ1n) is 7.37. The highest BCUT2D eigenvalue weighted by Gasteiger charge is 2.07. The lowest BCUT2D eigenvalue weighted by Gasteiger charge is -2.03. The van der Waals surface area contributed by atoms with E-state index < -0.39 is 0 Å². The number of benzene rings is 2. The summed E-state index contributed by atoms with van der Waals surface area (Å²) in [5, 5.41) is 16.8. The third kappa shape index (κ3) is 3.35. The summed E-state index contributed by atoms with van der Waals surface area (Å²) in [7, 11) is 1.46. The fraction of sp³-hybridized carbons (Fsp3) is 0.0526. The summed E-state index contributed by atoms with van der Waals surface area (Å²) in [6.45, 7) is 0. The molecule has 1 heterocycles. The molecular weight excluding hydrogens is 304 g/mol. The van der Waals surface area contributed by atoms with Crippen molar-refractivity contribution in [2.45, 2.75) is 0 Å². The van der Waals surface area contributed by atoms with Crippen molar-refractivity contribution in [1.82, 2.24) is 10.2 Å². The second-order valence-corrected chi connectivity index (χ2v) is 5.16. The average Bonchev–Trinajstić information content (AvgIpc) is 3.09. The van der Waals surface area contributed by atoms with Crippen LogP contribution in [0.25, 0.3) is 17.3 Å². The molecule has 5 heteroatoms. The summed E-state index contributed by atoms with van der Waals surface area (Å²) in [6.07, 6.45) is 3.09. The van der Waals surface area contributed by atoms with E-state index in [9.17, 15) is 9.90 Å². The summed E-state index contributed by atoms with van der Waals surface area (Å²) in [6, 6.07) is 16.2. The third-order valence-corrected chi connectivity index (χ3v) is 3.54. The molecule has 0 saturated heterocycles. The normalized spacial score (nSPS) is 10.9. The summed E-state index contributed by atoms with van der Waals surface area (Å²) < 4.78 is 4.96. The molecule has 0 aliphatic rings. The van der Waals surface area contributed by atoms with E-state index in [2.05, 4.69) is 10.2 Å². The Morgan fingerprint density at radius 3 is 2.67 bits per heavy atom. The van der Waals surface area contributed by atoms with E-state index in [4.69, 9.17) is 4.74 Å². The van der Waals surface area contributed by atoms with Gasteiger partial charge in [-0.1, -0.05) is 30.3 Å². The lowest BCUT2D eigenvalue weighted by molar-refractivity contribution is 0.104. The summed E-state index contributed by atoms with van der Waals surface area (Å²) in [4.78, 5) is 12.2. The number of nitrogens with one attached hydrogen (secondary N) is 1. The van der Waals surface area contributed by atoms with E-state index >= 15 is 0 Å². The Kier molecular flexibility index (Phi) is 4.43. The van der Waals surface area contributed by atoms with Gasteiger partial charge in [-0.2, -0.15) is 5.10 Å². The smallest absolute Gasteiger partial charge is 0.186 e. The highest BCUT2D eigenvalue weighted by atomic mass is 16.5. The minimum Gasteiger partial charge on any atom is -0.504 e. The predicted octanol–water partition coefficient (Wildman–Crippen LogP) is 3.69. The average molecular weight is 320 g/mol. The molecule has 0 fully saturated rings. The Bertz CT molecular complexity index is 883. The molecule has 0 aliphatic heterocycles. The standard InChI is InChI=1S/C19H16N2O3/c1-24-19-10-7-14(11-18(19)23)17(22)9-8-15-12-16(21-20-15)13-5-3-2-4-6-13/h2-12,23H,1H3,(H,20,21)/b9-8+. The van der Waals surface area contributed by atoms with Crippen LogP contribution in [0.2, 0.25) is 0 Å². The number of carbonyl (C=O) groups is 1. The number of phenolic OH excluding ortho intramolecular Hbond substituents is 1. The van der Waals surface area contributed by atoms with Crippen molar-refractivity contribution in [3.05, 3.63) is 71.9 Å². The molecule has 0 spiro atoms. The second kappa shape index (κ2) is 6.83. The number of hydrogen-bond acceptors (Lipinski definition) is 4. The maximum atomic E-state index is 12.2. The number of nitrogens with zero attached hydrogens (tertiary/aromatic N) is 1. The number of ether oxygens (including phenoxy) is 1. The van der Waals surface area contributed by atoms with Gasteiger partial charge in [-0.3, -0.25) is 9.89 Å². The van der Waals surface area contributed by atoms with Crippen LogP contribution in [0.1, 0.15) is 16.1 Å². The molecule has 0 bridgehead atoms. The quantitative estimate of drug-likeness (QED) is 0.555. The van der Waals surface area contributed by atoms with Crippen LogP contribution in [-0.4, -0.2) is 28.2 Å². The first-order chi connectivity index (χ1) is 11.7. The lowest BCUT2D eigenvalue weighted by Crippen LogP contribution is -1.94. The van der Waals surface area contributed by atoms with Gasteiger partial charge in [0.2, 0.25) is 0 Å². The molecule has 0 atom stereocenters. The van der Waals surface area contributed by atoms with Crippen LogP contribution < -0.4 is 4.74 Å². The molecule has 24 heavy (non-hydrogen) atoms. The number of allylic oxidation sites excluding steroid dienone is 1. The number of carbonyl (C=O) groups excluding carboxylic acids is 1. The summed E-state index contributed by atoms with van der Waals surface area (Å²) in [5.74, 6) is 0.0464. The molecule has 0 aliphatic carbocycles. The monoisotopic (exact) mass is 320 g/mol. The van der Waals surface area contributed by atoms with Gasteiger partial charge in [0.15, 0.2) is 17.3 Å². The minimum absolute atomic E-state index is 0.0651. The van der Waals surface area contributed by atoms with Gasteiger partial charge in [0.05, 0.1) is 18.5 Å². The SMILES string of the molecule is COc1ccc(C(=O)/C=C/c2cc(-c3ccccc3)n[nH]2)cc1O.